The summed E-state index contributed by atoms with van der Waals surface area (Å²) in [5.41, 5.74) is 4.39. The van der Waals surface area contributed by atoms with E-state index in [1.165, 1.54) is 191 Å². The largest absolute Gasteiger partial charge is 0.238 e. The lowest BCUT2D eigenvalue weighted by Gasteiger charge is -2.16. The van der Waals surface area contributed by atoms with Crippen LogP contribution in [-0.2, 0) is 25.7 Å². The second-order valence-corrected chi connectivity index (χ2v) is 13.7. The summed E-state index contributed by atoms with van der Waals surface area (Å²) < 4.78 is 0. The first-order chi connectivity index (χ1) is 21.3. The van der Waals surface area contributed by atoms with Crippen LogP contribution in [-0.4, -0.2) is 9.97 Å². The van der Waals surface area contributed by atoms with Crippen LogP contribution in [0.4, 0.5) is 0 Å². The van der Waals surface area contributed by atoms with Crippen molar-refractivity contribution >= 4 is 0 Å². The third-order valence-electron chi connectivity index (χ3n) is 9.44. The van der Waals surface area contributed by atoms with Crippen LogP contribution >= 0.6 is 0 Å². The van der Waals surface area contributed by atoms with Gasteiger partial charge in [-0.3, -0.25) is 0 Å². The van der Waals surface area contributed by atoms with Crippen molar-refractivity contribution in [1.29, 1.82) is 0 Å². The molecule has 0 N–H and O–H groups in total. The van der Waals surface area contributed by atoms with E-state index < -0.39 is 0 Å². The van der Waals surface area contributed by atoms with Gasteiger partial charge in [0.1, 0.15) is 5.82 Å². The molecule has 0 bridgehead atoms. The molecule has 0 unspecified atom stereocenters. The van der Waals surface area contributed by atoms with E-state index in [4.69, 9.17) is 9.97 Å². The number of hydrogen-bond acceptors (Lipinski definition) is 2. The van der Waals surface area contributed by atoms with Crippen LogP contribution in [0.2, 0.25) is 0 Å². The highest BCUT2D eigenvalue weighted by Crippen LogP contribution is 2.23. The zero-order valence-corrected chi connectivity index (χ0v) is 29.9. The summed E-state index contributed by atoms with van der Waals surface area (Å²) in [6, 6.07) is 0. The Balaban J connectivity index is 2.71. The minimum Gasteiger partial charge on any atom is -0.238 e. The smallest absolute Gasteiger partial charge is 0.128 e. The Morgan fingerprint density at radius 1 is 0.349 bits per heavy atom. The molecule has 0 aliphatic heterocycles. The topological polar surface area (TPSA) is 25.8 Å². The maximum atomic E-state index is 5.25. The van der Waals surface area contributed by atoms with Gasteiger partial charge in [0.25, 0.3) is 0 Å². The molecule has 0 aliphatic rings. The van der Waals surface area contributed by atoms with E-state index in [1.807, 2.05) is 0 Å². The van der Waals surface area contributed by atoms with Gasteiger partial charge >= 0.3 is 0 Å². The lowest BCUT2D eigenvalue weighted by molar-refractivity contribution is 0.553. The van der Waals surface area contributed by atoms with E-state index >= 15 is 0 Å². The number of aryl methyl sites for hydroxylation is 3. The highest BCUT2D eigenvalue weighted by atomic mass is 14.9. The molecule has 2 heteroatoms. The molecular formula is C41H77N2. The molecule has 1 aromatic rings. The molecule has 0 fully saturated rings. The summed E-state index contributed by atoms with van der Waals surface area (Å²) >= 11 is 0. The van der Waals surface area contributed by atoms with Crippen molar-refractivity contribution in [2.24, 2.45) is 0 Å². The lowest BCUT2D eigenvalue weighted by Crippen LogP contribution is -2.11. The van der Waals surface area contributed by atoms with Crippen LogP contribution in [0.5, 0.6) is 0 Å². The Bertz CT molecular complexity index is 669. The Morgan fingerprint density at radius 2 is 0.651 bits per heavy atom. The normalized spacial score (nSPS) is 11.5. The van der Waals surface area contributed by atoms with E-state index in [2.05, 4.69) is 27.7 Å². The first-order valence-corrected chi connectivity index (χ1v) is 19.9. The van der Waals surface area contributed by atoms with Crippen LogP contribution < -0.4 is 0 Å². The standard InChI is InChI=1S/C41H77N2/c1-5-9-13-16-19-22-25-28-31-34-38-39(35-32-29-26-23-20-17-14-10-6-2)42-41(37-12-8-4)43-40(38)36-33-30-27-24-21-18-15-11-7-3/h4-37H2,1-3H3. The highest BCUT2D eigenvalue weighted by molar-refractivity contribution is 5.27. The maximum absolute atomic E-state index is 5.25. The summed E-state index contributed by atoms with van der Waals surface area (Å²) in [5, 5.41) is 0. The third-order valence-corrected chi connectivity index (χ3v) is 9.44. The second kappa shape index (κ2) is 31.1. The van der Waals surface area contributed by atoms with E-state index in [0.29, 0.717) is 0 Å². The fourth-order valence-corrected chi connectivity index (χ4v) is 6.55. The minimum atomic E-state index is 0.977. The highest BCUT2D eigenvalue weighted by Gasteiger charge is 2.14. The molecule has 251 valence electrons. The van der Waals surface area contributed by atoms with Gasteiger partial charge in [0.2, 0.25) is 0 Å². The molecule has 0 spiro atoms. The van der Waals surface area contributed by atoms with Gasteiger partial charge in [0, 0.05) is 17.8 Å². The van der Waals surface area contributed by atoms with Crippen molar-refractivity contribution in [2.75, 3.05) is 0 Å². The summed E-state index contributed by atoms with van der Waals surface area (Å²) in [6.45, 7) is 11.0. The summed E-state index contributed by atoms with van der Waals surface area (Å²) in [4.78, 5) is 10.5. The number of unbranched alkanes of at least 4 members (excludes halogenated alkanes) is 25. The molecule has 0 aromatic carbocycles. The molecule has 1 radical (unpaired) electrons. The maximum Gasteiger partial charge on any atom is 0.128 e. The van der Waals surface area contributed by atoms with E-state index in [0.717, 1.165) is 37.9 Å². The van der Waals surface area contributed by atoms with Gasteiger partial charge in [0.05, 0.1) is 0 Å². The monoisotopic (exact) mass is 598 g/mol. The number of nitrogens with zero attached hydrogens (tertiary/aromatic N) is 2. The van der Waals surface area contributed by atoms with Gasteiger partial charge in [0.15, 0.2) is 0 Å². The second-order valence-electron chi connectivity index (χ2n) is 13.7. The van der Waals surface area contributed by atoms with Crippen molar-refractivity contribution in [2.45, 2.75) is 233 Å². The zero-order valence-electron chi connectivity index (χ0n) is 29.9. The number of aromatic nitrogens is 2. The molecule has 0 amide bonds. The van der Waals surface area contributed by atoms with Crippen LogP contribution in [0, 0.1) is 6.92 Å². The molecule has 1 aromatic heterocycles. The Hall–Kier alpha value is -0.920. The molecule has 0 saturated heterocycles. The lowest BCUT2D eigenvalue weighted by atomic mass is 9.96. The van der Waals surface area contributed by atoms with Crippen molar-refractivity contribution in [3.05, 3.63) is 29.7 Å². The van der Waals surface area contributed by atoms with E-state index in [9.17, 15) is 0 Å². The molecule has 0 saturated carbocycles. The molecular weight excluding hydrogens is 520 g/mol. The predicted octanol–water partition coefficient (Wildman–Crippen LogP) is 13.9. The average Bonchev–Trinajstić information content (AvgIpc) is 3.02. The summed E-state index contributed by atoms with van der Waals surface area (Å²) in [7, 11) is 0. The van der Waals surface area contributed by atoms with Crippen LogP contribution in [0.15, 0.2) is 0 Å². The van der Waals surface area contributed by atoms with Gasteiger partial charge in [-0.25, -0.2) is 9.97 Å². The quantitative estimate of drug-likeness (QED) is 0.0753. The summed E-state index contributed by atoms with van der Waals surface area (Å²) in [6.07, 6.45) is 44.1. The number of rotatable bonds is 33. The fourth-order valence-electron chi connectivity index (χ4n) is 6.55. The molecule has 1 heterocycles. The van der Waals surface area contributed by atoms with Crippen molar-refractivity contribution < 1.29 is 0 Å². The Kier molecular flexibility index (Phi) is 29.0. The molecule has 0 aliphatic carbocycles. The SMILES string of the molecule is [CH2]CCCc1nc(CCCCCCCCCCC)c(CCCCCCCCCCC)c(CCCCCCCCCCC)n1. The van der Waals surface area contributed by atoms with E-state index in [1.54, 1.807) is 5.56 Å². The van der Waals surface area contributed by atoms with Crippen LogP contribution in [0.3, 0.4) is 0 Å². The third kappa shape index (κ3) is 23.1. The van der Waals surface area contributed by atoms with Gasteiger partial charge < -0.3 is 0 Å². The summed E-state index contributed by atoms with van der Waals surface area (Å²) in [5.74, 6) is 1.11. The number of hydrogen-bond donors (Lipinski definition) is 0. The first kappa shape index (κ1) is 40.1. The van der Waals surface area contributed by atoms with Gasteiger partial charge in [-0.05, 0) is 50.5 Å². The minimum absolute atomic E-state index is 0.977. The molecule has 0 atom stereocenters. The molecule has 1 rings (SSSR count). The Morgan fingerprint density at radius 3 is 0.977 bits per heavy atom. The van der Waals surface area contributed by atoms with E-state index in [-0.39, 0.29) is 0 Å². The van der Waals surface area contributed by atoms with Gasteiger partial charge in [-0.2, -0.15) is 0 Å². The molecule has 43 heavy (non-hydrogen) atoms. The molecule has 2 nitrogen and oxygen atoms in total. The van der Waals surface area contributed by atoms with Gasteiger partial charge in [-0.1, -0.05) is 188 Å². The van der Waals surface area contributed by atoms with Crippen LogP contribution in [0.25, 0.3) is 0 Å². The zero-order chi connectivity index (χ0) is 31.1. The fraction of sp³-hybridized carbons (Fsp3) is 0.878. The van der Waals surface area contributed by atoms with Crippen molar-refractivity contribution in [3.63, 3.8) is 0 Å². The van der Waals surface area contributed by atoms with Crippen molar-refractivity contribution in [3.8, 4) is 0 Å². The van der Waals surface area contributed by atoms with Crippen molar-refractivity contribution in [1.82, 2.24) is 9.97 Å². The van der Waals surface area contributed by atoms with Gasteiger partial charge in [-0.15, -0.1) is 0 Å². The average molecular weight is 598 g/mol. The van der Waals surface area contributed by atoms with Crippen LogP contribution in [0.1, 0.15) is 230 Å². The predicted molar refractivity (Wildman–Crippen MR) is 193 cm³/mol. The first-order valence-electron chi connectivity index (χ1n) is 19.9. The Labute approximate surface area is 271 Å².